The third-order valence-electron chi connectivity index (χ3n) is 5.71. The van der Waals surface area contributed by atoms with Gasteiger partial charge in [-0.3, -0.25) is 9.59 Å². The van der Waals surface area contributed by atoms with Crippen molar-refractivity contribution in [3.63, 3.8) is 0 Å². The molecule has 0 aliphatic heterocycles. The van der Waals surface area contributed by atoms with Crippen LogP contribution in [0.4, 0.5) is 11.4 Å². The van der Waals surface area contributed by atoms with Crippen LogP contribution in [-0.4, -0.2) is 25.9 Å². The molecule has 0 saturated heterocycles. The molecule has 0 heterocycles. The SMILES string of the molecule is COc1ccc(C(NCC(O)c2ccccc2)c2cccc(Nc3c(OC)c(=O)c3=O)c2)cc1. The lowest BCUT2D eigenvalue weighted by Crippen LogP contribution is -2.34. The van der Waals surface area contributed by atoms with Gasteiger partial charge in [0.15, 0.2) is 5.75 Å². The Kier molecular flexibility index (Phi) is 7.06. The number of ether oxygens (including phenoxy) is 2. The third kappa shape index (κ3) is 4.85. The summed E-state index contributed by atoms with van der Waals surface area (Å²) in [5.41, 5.74) is 2.28. The van der Waals surface area contributed by atoms with E-state index in [9.17, 15) is 14.7 Å². The first-order chi connectivity index (χ1) is 16.5. The lowest BCUT2D eigenvalue weighted by molar-refractivity contribution is 0.172. The molecule has 34 heavy (non-hydrogen) atoms. The van der Waals surface area contributed by atoms with E-state index in [1.165, 1.54) is 7.11 Å². The lowest BCUT2D eigenvalue weighted by atomic mass is 9.97. The highest BCUT2D eigenvalue weighted by Gasteiger charge is 2.22. The lowest BCUT2D eigenvalue weighted by Gasteiger charge is -2.23. The van der Waals surface area contributed by atoms with E-state index in [1.54, 1.807) is 7.11 Å². The van der Waals surface area contributed by atoms with Gasteiger partial charge in [0.25, 0.3) is 10.9 Å². The van der Waals surface area contributed by atoms with Gasteiger partial charge in [0, 0.05) is 12.2 Å². The Morgan fingerprint density at radius 3 is 2.18 bits per heavy atom. The zero-order valence-corrected chi connectivity index (χ0v) is 18.9. The summed E-state index contributed by atoms with van der Waals surface area (Å²) in [4.78, 5) is 23.6. The zero-order chi connectivity index (χ0) is 24.1. The Morgan fingerprint density at radius 1 is 0.794 bits per heavy atom. The molecule has 4 rings (SSSR count). The number of nitrogens with one attached hydrogen (secondary N) is 2. The van der Waals surface area contributed by atoms with Gasteiger partial charge in [-0.1, -0.05) is 54.6 Å². The molecule has 3 N–H and O–H groups in total. The van der Waals surface area contributed by atoms with Crippen LogP contribution in [0.2, 0.25) is 0 Å². The molecule has 0 saturated carbocycles. The number of hydrogen-bond acceptors (Lipinski definition) is 7. The van der Waals surface area contributed by atoms with Crippen molar-refractivity contribution in [3.05, 3.63) is 116 Å². The normalized spacial score (nSPS) is 12.8. The van der Waals surface area contributed by atoms with Crippen LogP contribution in [0.15, 0.2) is 88.5 Å². The summed E-state index contributed by atoms with van der Waals surface area (Å²) in [7, 11) is 2.98. The molecule has 0 amide bonds. The highest BCUT2D eigenvalue weighted by atomic mass is 16.5. The highest BCUT2D eigenvalue weighted by molar-refractivity contribution is 5.70. The van der Waals surface area contributed by atoms with E-state index in [-0.39, 0.29) is 17.5 Å². The number of anilines is 2. The van der Waals surface area contributed by atoms with Gasteiger partial charge in [-0.2, -0.15) is 0 Å². The molecule has 4 aromatic carbocycles. The van der Waals surface area contributed by atoms with E-state index in [1.807, 2.05) is 78.9 Å². The second-order valence-corrected chi connectivity index (χ2v) is 7.86. The van der Waals surface area contributed by atoms with E-state index in [0.717, 1.165) is 22.4 Å². The summed E-state index contributed by atoms with van der Waals surface area (Å²) in [6, 6.07) is 24.4. The Balaban J connectivity index is 1.61. The summed E-state index contributed by atoms with van der Waals surface area (Å²) in [5.74, 6) is 0.778. The number of aliphatic hydroxyl groups excluding tert-OH is 1. The number of rotatable bonds is 10. The summed E-state index contributed by atoms with van der Waals surface area (Å²) in [5, 5.41) is 17.1. The molecular weight excluding hydrogens is 432 g/mol. The predicted octanol–water partition coefficient (Wildman–Crippen LogP) is 3.46. The van der Waals surface area contributed by atoms with Crippen LogP contribution in [0.1, 0.15) is 28.8 Å². The molecule has 2 atom stereocenters. The number of benzene rings is 3. The van der Waals surface area contributed by atoms with Crippen LogP contribution in [-0.2, 0) is 0 Å². The van der Waals surface area contributed by atoms with Crippen LogP contribution < -0.4 is 31.0 Å². The standard InChI is InChI=1S/C27H26N2O5/c1-33-21-13-11-18(12-14-21)23(28-16-22(30)17-7-4-3-5-8-17)19-9-6-10-20(15-19)29-24-25(31)26(32)27(24)34-2/h3-15,22-23,28-30H,16H2,1-2H3. The van der Waals surface area contributed by atoms with Crippen molar-refractivity contribution in [3.8, 4) is 11.5 Å². The van der Waals surface area contributed by atoms with E-state index in [4.69, 9.17) is 9.47 Å². The van der Waals surface area contributed by atoms with Crippen LogP contribution in [0.25, 0.3) is 0 Å². The molecule has 0 bridgehead atoms. The van der Waals surface area contributed by atoms with Gasteiger partial charge in [-0.15, -0.1) is 0 Å². The highest BCUT2D eigenvalue weighted by Crippen LogP contribution is 2.29. The third-order valence-corrected chi connectivity index (χ3v) is 5.71. The van der Waals surface area contributed by atoms with Gasteiger partial charge in [0.05, 0.1) is 26.4 Å². The molecule has 7 nitrogen and oxygen atoms in total. The summed E-state index contributed by atoms with van der Waals surface area (Å²) >= 11 is 0. The average Bonchev–Trinajstić information content (AvgIpc) is 2.89. The van der Waals surface area contributed by atoms with Crippen molar-refractivity contribution in [2.75, 3.05) is 26.1 Å². The maximum atomic E-state index is 11.9. The Morgan fingerprint density at radius 2 is 1.50 bits per heavy atom. The maximum Gasteiger partial charge on any atom is 0.272 e. The molecule has 0 spiro atoms. The minimum absolute atomic E-state index is 0.0335. The molecule has 0 aliphatic rings. The molecule has 0 radical (unpaired) electrons. The largest absolute Gasteiger partial charge is 0.497 e. The van der Waals surface area contributed by atoms with Crippen molar-refractivity contribution in [2.24, 2.45) is 0 Å². The van der Waals surface area contributed by atoms with Crippen molar-refractivity contribution >= 4 is 11.4 Å². The Labute approximate surface area is 197 Å². The fraction of sp³-hybridized carbons (Fsp3) is 0.185. The van der Waals surface area contributed by atoms with E-state index in [0.29, 0.717) is 12.2 Å². The summed E-state index contributed by atoms with van der Waals surface area (Å²) in [6.07, 6.45) is -0.684. The second-order valence-electron chi connectivity index (χ2n) is 7.86. The zero-order valence-electron chi connectivity index (χ0n) is 18.9. The first-order valence-electron chi connectivity index (χ1n) is 10.9. The summed E-state index contributed by atoms with van der Waals surface area (Å²) in [6.45, 7) is 0.324. The first-order valence-corrected chi connectivity index (χ1v) is 10.9. The topological polar surface area (TPSA) is 96.9 Å². The monoisotopic (exact) mass is 458 g/mol. The fourth-order valence-electron chi connectivity index (χ4n) is 3.87. The minimum atomic E-state index is -0.684. The average molecular weight is 459 g/mol. The van der Waals surface area contributed by atoms with Crippen LogP contribution in [0, 0.1) is 0 Å². The molecule has 0 aliphatic carbocycles. The maximum absolute atomic E-state index is 11.9. The number of hydrogen-bond donors (Lipinski definition) is 3. The van der Waals surface area contributed by atoms with Crippen molar-refractivity contribution in [2.45, 2.75) is 12.1 Å². The molecule has 2 unspecified atom stereocenters. The van der Waals surface area contributed by atoms with Gasteiger partial charge in [0.1, 0.15) is 11.4 Å². The molecule has 7 heteroatoms. The van der Waals surface area contributed by atoms with Gasteiger partial charge in [-0.25, -0.2) is 0 Å². The van der Waals surface area contributed by atoms with Gasteiger partial charge >= 0.3 is 0 Å². The van der Waals surface area contributed by atoms with Crippen molar-refractivity contribution in [1.29, 1.82) is 0 Å². The predicted molar refractivity (Wildman–Crippen MR) is 132 cm³/mol. The Bertz CT molecular complexity index is 1310. The van der Waals surface area contributed by atoms with Gasteiger partial charge in [0.2, 0.25) is 0 Å². The molecule has 4 aromatic rings. The van der Waals surface area contributed by atoms with Gasteiger partial charge < -0.3 is 25.2 Å². The fourth-order valence-corrected chi connectivity index (χ4v) is 3.87. The van der Waals surface area contributed by atoms with Crippen LogP contribution in [0.5, 0.6) is 11.5 Å². The van der Waals surface area contributed by atoms with Gasteiger partial charge in [-0.05, 0) is 41.0 Å². The van der Waals surface area contributed by atoms with E-state index < -0.39 is 17.0 Å². The quantitative estimate of drug-likeness (QED) is 0.313. The van der Waals surface area contributed by atoms with Crippen LogP contribution >= 0.6 is 0 Å². The summed E-state index contributed by atoms with van der Waals surface area (Å²) < 4.78 is 10.3. The number of aliphatic hydroxyl groups is 1. The Hall–Kier alpha value is -3.94. The minimum Gasteiger partial charge on any atom is -0.497 e. The molecule has 0 aromatic heterocycles. The molecule has 0 fully saturated rings. The smallest absolute Gasteiger partial charge is 0.272 e. The molecule has 174 valence electrons. The second kappa shape index (κ2) is 10.3. The first kappa shape index (κ1) is 23.2. The number of methoxy groups -OCH3 is 2. The van der Waals surface area contributed by atoms with Crippen LogP contribution in [0.3, 0.4) is 0 Å². The van der Waals surface area contributed by atoms with E-state index in [2.05, 4.69) is 10.6 Å². The van der Waals surface area contributed by atoms with Crippen molar-refractivity contribution in [1.82, 2.24) is 5.32 Å². The van der Waals surface area contributed by atoms with E-state index >= 15 is 0 Å². The molecular formula is C27H26N2O5. The van der Waals surface area contributed by atoms with Crippen molar-refractivity contribution < 1.29 is 14.6 Å².